The van der Waals surface area contributed by atoms with Crippen molar-refractivity contribution in [3.63, 3.8) is 0 Å². The van der Waals surface area contributed by atoms with Crippen LogP contribution in [0.2, 0.25) is 0 Å². The number of hydrogen-bond acceptors (Lipinski definition) is 2. The fourth-order valence-corrected chi connectivity index (χ4v) is 3.14. The first-order valence-corrected chi connectivity index (χ1v) is 7.73. The Hall–Kier alpha value is -0.570. The van der Waals surface area contributed by atoms with Crippen LogP contribution < -0.4 is 11.3 Å². The first kappa shape index (κ1) is 15.8. The number of benzene rings is 2. The zero-order valence-corrected chi connectivity index (χ0v) is 14.1. The third-order valence-electron chi connectivity index (χ3n) is 2.98. The molecule has 3 N–H and O–H groups in total. The molecule has 0 saturated heterocycles. The van der Waals surface area contributed by atoms with E-state index in [9.17, 15) is 8.78 Å². The van der Waals surface area contributed by atoms with Gasteiger partial charge in [0.15, 0.2) is 0 Å². The van der Waals surface area contributed by atoms with Crippen LogP contribution in [0.25, 0.3) is 0 Å². The number of rotatable bonds is 4. The van der Waals surface area contributed by atoms with Gasteiger partial charge in [0.05, 0.1) is 6.04 Å². The SMILES string of the molecule is NNC(Cc1ccc(Br)cc1F)c1ccc(F)cc1I. The van der Waals surface area contributed by atoms with E-state index < -0.39 is 0 Å². The maximum absolute atomic E-state index is 13.9. The molecule has 0 aromatic heterocycles. The average Bonchev–Trinajstić information content (AvgIpc) is 2.39. The van der Waals surface area contributed by atoms with Crippen LogP contribution in [0.3, 0.4) is 0 Å². The second kappa shape index (κ2) is 6.93. The quantitative estimate of drug-likeness (QED) is 0.416. The Morgan fingerprint density at radius 3 is 2.55 bits per heavy atom. The number of nitrogens with two attached hydrogens (primary N) is 1. The normalized spacial score (nSPS) is 12.4. The highest BCUT2D eigenvalue weighted by atomic mass is 127. The molecule has 2 aromatic carbocycles. The van der Waals surface area contributed by atoms with Crippen molar-refractivity contribution in [1.29, 1.82) is 0 Å². The van der Waals surface area contributed by atoms with E-state index in [4.69, 9.17) is 5.84 Å². The third-order valence-corrected chi connectivity index (χ3v) is 4.41. The Morgan fingerprint density at radius 1 is 1.20 bits per heavy atom. The summed E-state index contributed by atoms with van der Waals surface area (Å²) in [5, 5.41) is 0. The van der Waals surface area contributed by atoms with Crippen LogP contribution >= 0.6 is 38.5 Å². The molecular formula is C14H12BrF2IN2. The lowest BCUT2D eigenvalue weighted by atomic mass is 9.99. The van der Waals surface area contributed by atoms with Gasteiger partial charge in [0, 0.05) is 8.04 Å². The summed E-state index contributed by atoms with van der Waals surface area (Å²) in [6.07, 6.45) is 0.386. The minimum absolute atomic E-state index is 0.279. The zero-order chi connectivity index (χ0) is 14.7. The maximum atomic E-state index is 13.9. The van der Waals surface area contributed by atoms with Gasteiger partial charge in [-0.25, -0.2) is 8.78 Å². The summed E-state index contributed by atoms with van der Waals surface area (Å²) in [4.78, 5) is 0. The predicted octanol–water partition coefficient (Wildman–Crippen LogP) is 4.08. The van der Waals surface area contributed by atoms with Gasteiger partial charge in [-0.1, -0.05) is 28.1 Å². The van der Waals surface area contributed by atoms with Crippen molar-refractivity contribution in [3.8, 4) is 0 Å². The van der Waals surface area contributed by atoms with Crippen molar-refractivity contribution in [2.24, 2.45) is 5.84 Å². The van der Waals surface area contributed by atoms with Gasteiger partial charge >= 0.3 is 0 Å². The molecule has 1 unspecified atom stereocenters. The Kier molecular flexibility index (Phi) is 5.48. The number of hydrazine groups is 1. The maximum Gasteiger partial charge on any atom is 0.127 e. The zero-order valence-electron chi connectivity index (χ0n) is 10.3. The van der Waals surface area contributed by atoms with Gasteiger partial charge in [0.25, 0.3) is 0 Å². The molecule has 0 aliphatic rings. The van der Waals surface area contributed by atoms with Crippen molar-refractivity contribution in [1.82, 2.24) is 5.43 Å². The van der Waals surface area contributed by atoms with Crippen molar-refractivity contribution in [3.05, 3.63) is 67.2 Å². The topological polar surface area (TPSA) is 38.0 Å². The second-order valence-electron chi connectivity index (χ2n) is 4.32. The summed E-state index contributed by atoms with van der Waals surface area (Å²) in [7, 11) is 0. The van der Waals surface area contributed by atoms with Gasteiger partial charge in [0.2, 0.25) is 0 Å². The second-order valence-corrected chi connectivity index (χ2v) is 6.40. The first-order valence-electron chi connectivity index (χ1n) is 5.86. The molecule has 0 radical (unpaired) electrons. The predicted molar refractivity (Wildman–Crippen MR) is 87.0 cm³/mol. The standard InChI is InChI=1S/C14H12BrF2IN2/c15-9-2-1-8(12(17)6-9)5-14(20-19)11-4-3-10(16)7-13(11)18/h1-4,6-7,14,20H,5,19H2. The molecule has 0 heterocycles. The van der Waals surface area contributed by atoms with Gasteiger partial charge in [0.1, 0.15) is 11.6 Å². The van der Waals surface area contributed by atoms with E-state index in [1.807, 2.05) is 22.6 Å². The van der Waals surface area contributed by atoms with Crippen LogP contribution in [0, 0.1) is 15.2 Å². The molecule has 0 aliphatic carbocycles. The van der Waals surface area contributed by atoms with Gasteiger partial charge in [-0.15, -0.1) is 0 Å². The number of nitrogens with one attached hydrogen (secondary N) is 1. The highest BCUT2D eigenvalue weighted by Gasteiger charge is 2.16. The highest BCUT2D eigenvalue weighted by Crippen LogP contribution is 2.25. The Morgan fingerprint density at radius 2 is 1.95 bits per heavy atom. The molecule has 20 heavy (non-hydrogen) atoms. The summed E-state index contributed by atoms with van der Waals surface area (Å²) in [6, 6.07) is 9.09. The van der Waals surface area contributed by atoms with Crippen LogP contribution in [-0.4, -0.2) is 0 Å². The van der Waals surface area contributed by atoms with Gasteiger partial charge in [-0.3, -0.25) is 11.3 Å². The number of halogens is 4. The lowest BCUT2D eigenvalue weighted by molar-refractivity contribution is 0.525. The molecule has 6 heteroatoms. The number of hydrogen-bond donors (Lipinski definition) is 2. The first-order chi connectivity index (χ1) is 9.51. The average molecular weight is 453 g/mol. The van der Waals surface area contributed by atoms with Crippen LogP contribution in [-0.2, 0) is 6.42 Å². The molecule has 106 valence electrons. The lowest BCUT2D eigenvalue weighted by Crippen LogP contribution is -2.30. The molecule has 2 rings (SSSR count). The lowest BCUT2D eigenvalue weighted by Gasteiger charge is -2.18. The molecule has 0 saturated carbocycles. The molecule has 0 aliphatic heterocycles. The summed E-state index contributed by atoms with van der Waals surface area (Å²) in [5.74, 6) is 4.96. The minimum Gasteiger partial charge on any atom is -0.271 e. The molecule has 2 nitrogen and oxygen atoms in total. The Labute approximate surface area is 138 Å². The van der Waals surface area contributed by atoms with E-state index in [2.05, 4.69) is 21.4 Å². The molecule has 0 bridgehead atoms. The van der Waals surface area contributed by atoms with Crippen LogP contribution in [0.1, 0.15) is 17.2 Å². The molecular weight excluding hydrogens is 441 g/mol. The summed E-state index contributed by atoms with van der Waals surface area (Å²) in [5.41, 5.74) is 4.06. The highest BCUT2D eigenvalue weighted by molar-refractivity contribution is 14.1. The summed E-state index contributed by atoms with van der Waals surface area (Å²) >= 11 is 5.27. The third kappa shape index (κ3) is 3.75. The fraction of sp³-hybridized carbons (Fsp3) is 0.143. The smallest absolute Gasteiger partial charge is 0.127 e. The monoisotopic (exact) mass is 452 g/mol. The van der Waals surface area contributed by atoms with E-state index in [1.54, 1.807) is 18.2 Å². The van der Waals surface area contributed by atoms with E-state index in [1.165, 1.54) is 18.2 Å². The molecule has 1 atom stereocenters. The largest absolute Gasteiger partial charge is 0.271 e. The molecule has 2 aromatic rings. The van der Waals surface area contributed by atoms with E-state index in [-0.39, 0.29) is 17.7 Å². The van der Waals surface area contributed by atoms with Crippen molar-refractivity contribution < 1.29 is 8.78 Å². The van der Waals surface area contributed by atoms with Gasteiger partial charge < -0.3 is 0 Å². The van der Waals surface area contributed by atoms with Crippen molar-refractivity contribution >= 4 is 38.5 Å². The molecule has 0 fully saturated rings. The van der Waals surface area contributed by atoms with E-state index in [0.717, 1.165) is 9.13 Å². The van der Waals surface area contributed by atoms with Gasteiger partial charge in [-0.2, -0.15) is 0 Å². The van der Waals surface area contributed by atoms with Gasteiger partial charge in [-0.05, 0) is 64.4 Å². The van der Waals surface area contributed by atoms with Crippen LogP contribution in [0.4, 0.5) is 8.78 Å². The summed E-state index contributed by atoms with van der Waals surface area (Å²) in [6.45, 7) is 0. The van der Waals surface area contributed by atoms with E-state index >= 15 is 0 Å². The fourth-order valence-electron chi connectivity index (χ4n) is 1.95. The Bertz CT molecular complexity index is 622. The minimum atomic E-state index is -0.302. The van der Waals surface area contributed by atoms with E-state index in [0.29, 0.717) is 16.5 Å². The van der Waals surface area contributed by atoms with Crippen LogP contribution in [0.15, 0.2) is 40.9 Å². The molecule has 0 amide bonds. The van der Waals surface area contributed by atoms with Crippen molar-refractivity contribution in [2.75, 3.05) is 0 Å². The Balaban J connectivity index is 2.28. The summed E-state index contributed by atoms with van der Waals surface area (Å²) < 4.78 is 28.4. The molecule has 0 spiro atoms. The van der Waals surface area contributed by atoms with Crippen LogP contribution in [0.5, 0.6) is 0 Å². The van der Waals surface area contributed by atoms with Crippen molar-refractivity contribution in [2.45, 2.75) is 12.5 Å².